The van der Waals surface area contributed by atoms with Crippen LogP contribution in [0.5, 0.6) is 11.5 Å². The Morgan fingerprint density at radius 3 is 1.83 bits per heavy atom. The average molecular weight is 591 g/mol. The molecule has 6 aromatic carbocycles. The number of benzene rings is 6. The van der Waals surface area contributed by atoms with Crippen molar-refractivity contribution < 1.29 is 4.74 Å². The van der Waals surface area contributed by atoms with Gasteiger partial charge in [-0.15, -0.1) is 0 Å². The van der Waals surface area contributed by atoms with Crippen LogP contribution in [0.2, 0.25) is 0 Å². The molecule has 5 nitrogen and oxygen atoms in total. The van der Waals surface area contributed by atoms with E-state index in [1.165, 1.54) is 0 Å². The second kappa shape index (κ2) is 10.7. The molecule has 8 aromatic rings. The SMILES string of the molecule is C1=Cc2ccc3c(c2Oc2ccccc21)c1ccccc1n3-c1cccc(-c2nc(-c3ccccc3)nc(-c3ccccc3)n2)c1. The minimum atomic E-state index is 0.620. The van der Waals surface area contributed by atoms with Crippen LogP contribution in [0.15, 0.2) is 146 Å². The lowest BCUT2D eigenvalue weighted by molar-refractivity contribution is 0.487. The Kier molecular flexibility index (Phi) is 6.06. The summed E-state index contributed by atoms with van der Waals surface area (Å²) in [5, 5.41) is 2.21. The van der Waals surface area contributed by atoms with Gasteiger partial charge in [0.2, 0.25) is 0 Å². The molecule has 0 saturated heterocycles. The van der Waals surface area contributed by atoms with E-state index in [9.17, 15) is 0 Å². The maximum Gasteiger partial charge on any atom is 0.164 e. The number of ether oxygens (including phenoxy) is 1. The van der Waals surface area contributed by atoms with Gasteiger partial charge >= 0.3 is 0 Å². The van der Waals surface area contributed by atoms with E-state index in [1.54, 1.807) is 0 Å². The third-order valence-electron chi connectivity index (χ3n) is 8.46. The molecule has 0 radical (unpaired) electrons. The monoisotopic (exact) mass is 590 g/mol. The van der Waals surface area contributed by atoms with Gasteiger partial charge < -0.3 is 9.30 Å². The number of aromatic nitrogens is 4. The third kappa shape index (κ3) is 4.37. The van der Waals surface area contributed by atoms with Crippen LogP contribution in [0, 0.1) is 0 Å². The molecule has 0 fully saturated rings. The maximum absolute atomic E-state index is 6.67. The Morgan fingerprint density at radius 2 is 1.07 bits per heavy atom. The predicted molar refractivity (Wildman–Crippen MR) is 186 cm³/mol. The molecule has 5 heteroatoms. The topological polar surface area (TPSA) is 52.8 Å². The molecule has 46 heavy (non-hydrogen) atoms. The van der Waals surface area contributed by atoms with Gasteiger partial charge in [0.25, 0.3) is 0 Å². The molecule has 1 aliphatic heterocycles. The van der Waals surface area contributed by atoms with Gasteiger partial charge in [-0.3, -0.25) is 0 Å². The lowest BCUT2D eigenvalue weighted by Crippen LogP contribution is -2.01. The van der Waals surface area contributed by atoms with Crippen molar-refractivity contribution in [2.24, 2.45) is 0 Å². The van der Waals surface area contributed by atoms with Gasteiger partial charge in [0.1, 0.15) is 11.5 Å². The van der Waals surface area contributed by atoms with Crippen molar-refractivity contribution in [1.82, 2.24) is 19.5 Å². The van der Waals surface area contributed by atoms with Crippen molar-refractivity contribution in [3.63, 3.8) is 0 Å². The van der Waals surface area contributed by atoms with Crippen molar-refractivity contribution in [3.8, 4) is 51.3 Å². The Labute approximate surface area is 265 Å². The summed E-state index contributed by atoms with van der Waals surface area (Å²) < 4.78 is 8.98. The summed E-state index contributed by atoms with van der Waals surface area (Å²) >= 11 is 0. The van der Waals surface area contributed by atoms with E-state index in [2.05, 4.69) is 83.4 Å². The second-order valence-corrected chi connectivity index (χ2v) is 11.3. The first kappa shape index (κ1) is 26.1. The van der Waals surface area contributed by atoms with Crippen molar-refractivity contribution in [2.45, 2.75) is 0 Å². The van der Waals surface area contributed by atoms with E-state index in [0.29, 0.717) is 17.5 Å². The zero-order chi connectivity index (χ0) is 30.5. The van der Waals surface area contributed by atoms with E-state index < -0.39 is 0 Å². The van der Waals surface area contributed by atoms with Crippen LogP contribution in [-0.4, -0.2) is 19.5 Å². The van der Waals surface area contributed by atoms with Crippen molar-refractivity contribution >= 4 is 34.0 Å². The third-order valence-corrected chi connectivity index (χ3v) is 8.46. The quantitative estimate of drug-likeness (QED) is 0.205. The molecule has 2 aromatic heterocycles. The summed E-state index contributed by atoms with van der Waals surface area (Å²) in [7, 11) is 0. The largest absolute Gasteiger partial charge is 0.455 e. The summed E-state index contributed by atoms with van der Waals surface area (Å²) in [5.74, 6) is 3.61. The highest BCUT2D eigenvalue weighted by Crippen LogP contribution is 2.44. The molecule has 0 N–H and O–H groups in total. The number of hydrogen-bond donors (Lipinski definition) is 0. The minimum Gasteiger partial charge on any atom is -0.455 e. The molecule has 1 aliphatic rings. The standard InChI is InChI=1S/C41H26N4O/c1-3-13-29(14-4-1)39-42-40(30-15-5-2-6-16-30)44-41(43-39)31-17-11-18-32(26-31)45-34-20-9-8-19-33(34)37-35(45)25-24-28-23-22-27-12-7-10-21-36(27)46-38(28)37/h1-26H. The van der Waals surface area contributed by atoms with E-state index in [-0.39, 0.29) is 0 Å². The molecular weight excluding hydrogens is 564 g/mol. The van der Waals surface area contributed by atoms with Gasteiger partial charge in [0.05, 0.1) is 16.4 Å². The van der Waals surface area contributed by atoms with E-state index in [4.69, 9.17) is 19.7 Å². The fraction of sp³-hybridized carbons (Fsp3) is 0. The summed E-state index contributed by atoms with van der Waals surface area (Å²) in [5.41, 5.74) is 8.07. The fourth-order valence-corrected chi connectivity index (χ4v) is 6.29. The van der Waals surface area contributed by atoms with E-state index >= 15 is 0 Å². The lowest BCUT2D eigenvalue weighted by atomic mass is 10.1. The number of rotatable bonds is 4. The number of fused-ring (bicyclic) bond motifs is 6. The normalized spacial score (nSPS) is 12.0. The van der Waals surface area contributed by atoms with Gasteiger partial charge in [0.15, 0.2) is 17.5 Å². The Hall–Kier alpha value is -6.33. The summed E-state index contributed by atoms with van der Waals surface area (Å²) in [4.78, 5) is 14.8. The molecule has 216 valence electrons. The van der Waals surface area contributed by atoms with Crippen LogP contribution in [-0.2, 0) is 0 Å². The van der Waals surface area contributed by atoms with Crippen LogP contribution in [0.3, 0.4) is 0 Å². The summed E-state index contributed by atoms with van der Waals surface area (Å²) in [6.07, 6.45) is 4.26. The van der Waals surface area contributed by atoms with Crippen LogP contribution in [0.25, 0.3) is 73.8 Å². The van der Waals surface area contributed by atoms with Crippen LogP contribution < -0.4 is 4.74 Å². The molecule has 0 saturated carbocycles. The average Bonchev–Trinajstić information content (AvgIpc) is 3.35. The molecule has 0 unspecified atom stereocenters. The first-order chi connectivity index (χ1) is 22.8. The Morgan fingerprint density at radius 1 is 0.457 bits per heavy atom. The smallest absolute Gasteiger partial charge is 0.164 e. The lowest BCUT2D eigenvalue weighted by Gasteiger charge is -2.13. The maximum atomic E-state index is 6.67. The fourth-order valence-electron chi connectivity index (χ4n) is 6.29. The molecule has 0 bridgehead atoms. The predicted octanol–water partition coefficient (Wildman–Crippen LogP) is 10.2. The van der Waals surface area contributed by atoms with E-state index in [0.717, 1.165) is 66.8 Å². The molecule has 3 heterocycles. The minimum absolute atomic E-state index is 0.620. The van der Waals surface area contributed by atoms with Crippen LogP contribution in [0.4, 0.5) is 0 Å². The zero-order valence-corrected chi connectivity index (χ0v) is 24.7. The molecular formula is C41H26N4O. The van der Waals surface area contributed by atoms with Gasteiger partial charge in [-0.05, 0) is 36.4 Å². The first-order valence-corrected chi connectivity index (χ1v) is 15.3. The van der Waals surface area contributed by atoms with Gasteiger partial charge in [0, 0.05) is 38.9 Å². The highest BCUT2D eigenvalue weighted by atomic mass is 16.5. The number of para-hydroxylation sites is 2. The van der Waals surface area contributed by atoms with Gasteiger partial charge in [-0.2, -0.15) is 0 Å². The molecule has 9 rings (SSSR count). The summed E-state index contributed by atoms with van der Waals surface area (Å²) in [6, 6.07) is 49.5. The first-order valence-electron chi connectivity index (χ1n) is 15.3. The highest BCUT2D eigenvalue weighted by molar-refractivity contribution is 6.14. The molecule has 0 atom stereocenters. The highest BCUT2D eigenvalue weighted by Gasteiger charge is 2.21. The Bertz CT molecular complexity index is 2390. The molecule has 0 amide bonds. The molecule has 0 aliphatic carbocycles. The van der Waals surface area contributed by atoms with Crippen LogP contribution in [0.1, 0.15) is 11.1 Å². The van der Waals surface area contributed by atoms with Crippen molar-refractivity contribution in [2.75, 3.05) is 0 Å². The van der Waals surface area contributed by atoms with E-state index in [1.807, 2.05) is 78.9 Å². The van der Waals surface area contributed by atoms with Crippen molar-refractivity contribution in [3.05, 3.63) is 157 Å². The van der Waals surface area contributed by atoms with Gasteiger partial charge in [-0.25, -0.2) is 15.0 Å². The second-order valence-electron chi connectivity index (χ2n) is 11.3. The Balaban J connectivity index is 1.24. The molecule has 0 spiro atoms. The number of nitrogens with zero attached hydrogens (tertiary/aromatic N) is 4. The van der Waals surface area contributed by atoms with Crippen molar-refractivity contribution in [1.29, 1.82) is 0 Å². The summed E-state index contributed by atoms with van der Waals surface area (Å²) in [6.45, 7) is 0. The van der Waals surface area contributed by atoms with Gasteiger partial charge in [-0.1, -0.05) is 121 Å². The van der Waals surface area contributed by atoms with Crippen LogP contribution >= 0.6 is 0 Å². The zero-order valence-electron chi connectivity index (χ0n) is 24.7. The number of hydrogen-bond acceptors (Lipinski definition) is 4.